The number of hydrogen-bond donors (Lipinski definition) is 3. The number of nitrogens with two attached hydrogens (primary N) is 1. The molecule has 2 heterocycles. The first kappa shape index (κ1) is 24.0. The molecule has 0 saturated carbocycles. The van der Waals surface area contributed by atoms with E-state index in [9.17, 15) is 4.39 Å². The van der Waals surface area contributed by atoms with Crippen LogP contribution in [-0.2, 0) is 0 Å². The zero-order chi connectivity index (χ0) is 23.1. The van der Waals surface area contributed by atoms with E-state index in [4.69, 9.17) is 15.6 Å². The zero-order valence-corrected chi connectivity index (χ0v) is 19.5. The van der Waals surface area contributed by atoms with Crippen LogP contribution in [0.15, 0.2) is 36.7 Å². The summed E-state index contributed by atoms with van der Waals surface area (Å²) in [7, 11) is 0. The Balaban J connectivity index is 0.000000913. The Hall–Kier alpha value is -2.62. The predicted molar refractivity (Wildman–Crippen MR) is 130 cm³/mol. The van der Waals surface area contributed by atoms with Crippen molar-refractivity contribution in [2.75, 3.05) is 49.8 Å². The van der Waals surface area contributed by atoms with E-state index in [0.29, 0.717) is 36.0 Å². The molecular formula is C23H30FN5O2S. The summed E-state index contributed by atoms with van der Waals surface area (Å²) in [5, 5.41) is 13.2. The molecule has 2 aromatic carbocycles. The van der Waals surface area contributed by atoms with Gasteiger partial charge in [-0.2, -0.15) is 11.8 Å². The van der Waals surface area contributed by atoms with Crippen LogP contribution in [0.5, 0.6) is 5.75 Å². The third-order valence-corrected chi connectivity index (χ3v) is 5.09. The lowest BCUT2D eigenvalue weighted by Gasteiger charge is -2.19. The Morgan fingerprint density at radius 1 is 1.28 bits per heavy atom. The van der Waals surface area contributed by atoms with Crippen LogP contribution in [0.25, 0.3) is 10.9 Å². The number of aliphatic hydroxyl groups is 1. The van der Waals surface area contributed by atoms with Gasteiger partial charge in [-0.1, -0.05) is 0 Å². The van der Waals surface area contributed by atoms with Gasteiger partial charge in [-0.05, 0) is 55.7 Å². The minimum atomic E-state index is -0.368. The van der Waals surface area contributed by atoms with Crippen LogP contribution in [0, 0.1) is 12.7 Å². The minimum Gasteiger partial charge on any atom is -0.487 e. The van der Waals surface area contributed by atoms with E-state index in [0.717, 1.165) is 29.4 Å². The Bertz CT molecular complexity index is 1050. The van der Waals surface area contributed by atoms with Gasteiger partial charge >= 0.3 is 0 Å². The SMILES string of the molecule is CSC.Cc1cc(N)cc2ncnc(Nc3ccc(F)cc3O[C@@H]3CCN(CCO)C3)c12. The molecule has 9 heteroatoms. The topological polar surface area (TPSA) is 96.5 Å². The lowest BCUT2D eigenvalue weighted by Crippen LogP contribution is -2.27. The number of β-amino-alcohol motifs (C(OH)–C–C–N with tert-alkyl or cyclic N) is 1. The maximum atomic E-state index is 13.9. The number of halogens is 1. The van der Waals surface area contributed by atoms with Crippen LogP contribution < -0.4 is 15.8 Å². The van der Waals surface area contributed by atoms with E-state index < -0.39 is 0 Å². The smallest absolute Gasteiger partial charge is 0.146 e. The molecule has 0 spiro atoms. The third kappa shape index (κ3) is 5.99. The van der Waals surface area contributed by atoms with Crippen molar-refractivity contribution in [2.45, 2.75) is 19.4 Å². The maximum absolute atomic E-state index is 13.9. The van der Waals surface area contributed by atoms with Crippen molar-refractivity contribution in [1.82, 2.24) is 14.9 Å². The van der Waals surface area contributed by atoms with Gasteiger partial charge in [0.15, 0.2) is 0 Å². The fraction of sp³-hybridized carbons (Fsp3) is 0.391. The molecule has 1 aliphatic rings. The van der Waals surface area contributed by atoms with E-state index >= 15 is 0 Å². The van der Waals surface area contributed by atoms with Crippen LogP contribution in [0.4, 0.5) is 21.6 Å². The van der Waals surface area contributed by atoms with Crippen LogP contribution in [0.1, 0.15) is 12.0 Å². The highest BCUT2D eigenvalue weighted by molar-refractivity contribution is 7.97. The largest absolute Gasteiger partial charge is 0.487 e. The first-order valence-corrected chi connectivity index (χ1v) is 12.1. The van der Waals surface area contributed by atoms with Crippen molar-refractivity contribution in [3.8, 4) is 5.75 Å². The molecule has 0 unspecified atom stereocenters. The van der Waals surface area contributed by atoms with Gasteiger partial charge < -0.3 is 20.9 Å². The number of anilines is 3. The zero-order valence-electron chi connectivity index (χ0n) is 18.6. The molecule has 7 nitrogen and oxygen atoms in total. The van der Waals surface area contributed by atoms with Crippen LogP contribution >= 0.6 is 11.8 Å². The summed E-state index contributed by atoms with van der Waals surface area (Å²) in [6.45, 7) is 4.23. The highest BCUT2D eigenvalue weighted by atomic mass is 32.2. The molecule has 172 valence electrons. The Labute approximate surface area is 192 Å². The molecule has 0 aliphatic carbocycles. The maximum Gasteiger partial charge on any atom is 0.146 e. The highest BCUT2D eigenvalue weighted by Crippen LogP contribution is 2.33. The number of hydrogen-bond acceptors (Lipinski definition) is 8. The number of fused-ring (bicyclic) bond motifs is 1. The Morgan fingerprint density at radius 3 is 2.81 bits per heavy atom. The van der Waals surface area contributed by atoms with Gasteiger partial charge in [-0.3, -0.25) is 4.90 Å². The van der Waals surface area contributed by atoms with Gasteiger partial charge in [0.1, 0.15) is 29.8 Å². The summed E-state index contributed by atoms with van der Waals surface area (Å²) >= 11 is 1.75. The summed E-state index contributed by atoms with van der Waals surface area (Å²) < 4.78 is 20.0. The normalized spacial score (nSPS) is 16.0. The number of nitrogen functional groups attached to an aromatic ring is 1. The molecule has 4 rings (SSSR count). The van der Waals surface area contributed by atoms with Crippen molar-refractivity contribution in [3.05, 3.63) is 48.0 Å². The first-order chi connectivity index (χ1) is 15.4. The van der Waals surface area contributed by atoms with Gasteiger partial charge in [-0.15, -0.1) is 0 Å². The Morgan fingerprint density at radius 2 is 2.06 bits per heavy atom. The van der Waals surface area contributed by atoms with Gasteiger partial charge in [0.05, 0.1) is 17.8 Å². The van der Waals surface area contributed by atoms with Crippen molar-refractivity contribution >= 4 is 39.9 Å². The molecule has 1 aromatic heterocycles. The molecule has 1 fully saturated rings. The quantitative estimate of drug-likeness (QED) is 0.479. The fourth-order valence-corrected chi connectivity index (χ4v) is 3.76. The van der Waals surface area contributed by atoms with E-state index in [-0.39, 0.29) is 18.5 Å². The number of nitrogens with one attached hydrogen (secondary N) is 1. The summed E-state index contributed by atoms with van der Waals surface area (Å²) in [5.41, 5.74) is 8.88. The number of aromatic nitrogens is 2. The van der Waals surface area contributed by atoms with E-state index in [1.165, 1.54) is 18.5 Å². The second kappa shape index (κ2) is 11.3. The third-order valence-electron chi connectivity index (χ3n) is 5.09. The second-order valence-electron chi connectivity index (χ2n) is 7.68. The average Bonchev–Trinajstić information content (AvgIpc) is 3.17. The van der Waals surface area contributed by atoms with E-state index in [1.807, 2.05) is 25.5 Å². The molecule has 0 bridgehead atoms. The number of aryl methyl sites for hydroxylation is 1. The molecule has 1 atom stereocenters. The van der Waals surface area contributed by atoms with Crippen molar-refractivity contribution in [3.63, 3.8) is 0 Å². The van der Waals surface area contributed by atoms with Gasteiger partial charge in [0, 0.05) is 36.8 Å². The predicted octanol–water partition coefficient (Wildman–Crippen LogP) is 3.83. The Kier molecular flexibility index (Phi) is 8.49. The van der Waals surface area contributed by atoms with Crippen LogP contribution in [0.3, 0.4) is 0 Å². The average molecular weight is 460 g/mol. The van der Waals surface area contributed by atoms with Crippen LogP contribution in [0.2, 0.25) is 0 Å². The number of rotatable bonds is 6. The highest BCUT2D eigenvalue weighted by Gasteiger charge is 2.24. The fourth-order valence-electron chi connectivity index (χ4n) is 3.76. The number of nitrogens with zero attached hydrogens (tertiary/aromatic N) is 3. The molecular weight excluding hydrogens is 429 g/mol. The summed E-state index contributed by atoms with van der Waals surface area (Å²) in [4.78, 5) is 10.8. The molecule has 0 radical (unpaired) electrons. The molecule has 1 saturated heterocycles. The summed E-state index contributed by atoms with van der Waals surface area (Å²) in [5.74, 6) is 0.672. The number of aliphatic hydroxyl groups excluding tert-OH is 1. The molecule has 0 amide bonds. The first-order valence-electron chi connectivity index (χ1n) is 10.4. The molecule has 3 aromatic rings. The molecule has 1 aliphatic heterocycles. The molecule has 32 heavy (non-hydrogen) atoms. The number of likely N-dealkylation sites (tertiary alicyclic amines) is 1. The van der Waals surface area contributed by atoms with Crippen molar-refractivity contribution < 1.29 is 14.2 Å². The minimum absolute atomic E-state index is 0.0624. The van der Waals surface area contributed by atoms with Gasteiger partial charge in [0.2, 0.25) is 0 Å². The second-order valence-corrected chi connectivity index (χ2v) is 8.50. The monoisotopic (exact) mass is 459 g/mol. The molecule has 4 N–H and O–H groups in total. The number of benzene rings is 2. The lowest BCUT2D eigenvalue weighted by atomic mass is 10.1. The number of ether oxygens (including phenoxy) is 1. The van der Waals surface area contributed by atoms with Crippen molar-refractivity contribution in [1.29, 1.82) is 0 Å². The summed E-state index contributed by atoms with van der Waals surface area (Å²) in [6, 6.07) is 8.08. The van der Waals surface area contributed by atoms with Gasteiger partial charge in [-0.25, -0.2) is 14.4 Å². The summed E-state index contributed by atoms with van der Waals surface area (Å²) in [6.07, 6.45) is 6.31. The van der Waals surface area contributed by atoms with E-state index in [2.05, 4.69) is 20.2 Å². The standard InChI is InChI=1S/C21H24FN5O2.C2H6S/c1-13-8-15(23)10-18-20(13)21(25-12-24-18)26-17-3-2-14(22)9-19(17)29-16-4-5-27(11-16)6-7-28;1-3-2/h2-3,8-10,12,16,28H,4-7,11,23H2,1H3,(H,24,25,26);1-2H3/t16-;/m1./s1. The lowest BCUT2D eigenvalue weighted by molar-refractivity contribution is 0.181. The van der Waals surface area contributed by atoms with E-state index in [1.54, 1.807) is 23.9 Å². The number of thioether (sulfide) groups is 1. The van der Waals surface area contributed by atoms with Gasteiger partial charge in [0.25, 0.3) is 0 Å². The van der Waals surface area contributed by atoms with Crippen molar-refractivity contribution in [2.24, 2.45) is 0 Å². The van der Waals surface area contributed by atoms with Crippen LogP contribution in [-0.4, -0.2) is 64.8 Å².